The molecule has 7 heteroatoms. The number of aromatic nitrogens is 6. The summed E-state index contributed by atoms with van der Waals surface area (Å²) in [5.74, 6) is 3.22. The summed E-state index contributed by atoms with van der Waals surface area (Å²) in [6.45, 7) is 4.80. The van der Waals surface area contributed by atoms with Crippen LogP contribution in [0.3, 0.4) is 0 Å². The van der Waals surface area contributed by atoms with Crippen LogP contribution in [0.4, 0.5) is 0 Å². The SMILES string of the molecule is CCCCc1nc2nncc-2c2nc(-c3ccc(OCC)cc3)[nH]n12. The molecule has 3 heterocycles. The highest BCUT2D eigenvalue weighted by Gasteiger charge is 2.19. The first kappa shape index (κ1) is 15.6. The van der Waals surface area contributed by atoms with Crippen LogP contribution in [0.15, 0.2) is 30.5 Å². The first-order valence-corrected chi connectivity index (χ1v) is 8.62. The fourth-order valence-corrected chi connectivity index (χ4v) is 2.88. The molecule has 0 aliphatic carbocycles. The molecule has 0 atom stereocenters. The van der Waals surface area contributed by atoms with E-state index in [1.54, 1.807) is 6.20 Å². The number of nitrogens with one attached hydrogen (secondary N) is 1. The Morgan fingerprint density at radius 1 is 1.12 bits per heavy atom. The molecule has 1 aromatic heterocycles. The summed E-state index contributed by atoms with van der Waals surface area (Å²) >= 11 is 0. The van der Waals surface area contributed by atoms with Gasteiger partial charge in [0.25, 0.3) is 0 Å². The Kier molecular flexibility index (Phi) is 4.05. The highest BCUT2D eigenvalue weighted by atomic mass is 16.5. The van der Waals surface area contributed by atoms with Crippen LogP contribution < -0.4 is 4.74 Å². The molecule has 7 nitrogen and oxygen atoms in total. The van der Waals surface area contributed by atoms with Crippen molar-refractivity contribution in [1.82, 2.24) is 29.8 Å². The maximum atomic E-state index is 5.50. The van der Waals surface area contributed by atoms with Crippen LogP contribution in [0, 0.1) is 0 Å². The zero-order valence-electron chi connectivity index (χ0n) is 14.4. The lowest BCUT2D eigenvalue weighted by Gasteiger charge is -2.06. The fraction of sp³-hybridized carbons (Fsp3) is 0.333. The van der Waals surface area contributed by atoms with Crippen LogP contribution in [-0.4, -0.2) is 36.4 Å². The third-order valence-electron chi connectivity index (χ3n) is 4.15. The van der Waals surface area contributed by atoms with Gasteiger partial charge in [0, 0.05) is 12.0 Å². The van der Waals surface area contributed by atoms with Crippen LogP contribution in [-0.2, 0) is 6.42 Å². The third-order valence-corrected chi connectivity index (χ3v) is 4.15. The van der Waals surface area contributed by atoms with E-state index in [2.05, 4.69) is 27.2 Å². The van der Waals surface area contributed by atoms with E-state index in [-0.39, 0.29) is 0 Å². The molecule has 0 amide bonds. The number of benzene rings is 1. The van der Waals surface area contributed by atoms with Crippen molar-refractivity contribution < 1.29 is 4.74 Å². The van der Waals surface area contributed by atoms with Gasteiger partial charge < -0.3 is 4.74 Å². The quantitative estimate of drug-likeness (QED) is 0.584. The van der Waals surface area contributed by atoms with E-state index >= 15 is 0 Å². The van der Waals surface area contributed by atoms with E-state index in [0.29, 0.717) is 12.4 Å². The number of H-pyrrole nitrogens is 1. The summed E-state index contributed by atoms with van der Waals surface area (Å²) in [4.78, 5) is 9.42. The minimum Gasteiger partial charge on any atom is -0.494 e. The van der Waals surface area contributed by atoms with Crippen molar-refractivity contribution in [1.29, 1.82) is 0 Å². The molecule has 128 valence electrons. The van der Waals surface area contributed by atoms with Gasteiger partial charge >= 0.3 is 0 Å². The molecular formula is C18H20N6O. The summed E-state index contributed by atoms with van der Waals surface area (Å²) in [7, 11) is 0. The van der Waals surface area contributed by atoms with Gasteiger partial charge in [-0.3, -0.25) is 5.10 Å². The monoisotopic (exact) mass is 336 g/mol. The van der Waals surface area contributed by atoms with Gasteiger partial charge in [-0.25, -0.2) is 14.5 Å². The van der Waals surface area contributed by atoms with Gasteiger partial charge in [-0.1, -0.05) is 13.3 Å². The number of fused-ring (bicyclic) bond motifs is 3. The number of hydrogen-bond donors (Lipinski definition) is 1. The van der Waals surface area contributed by atoms with Crippen molar-refractivity contribution in [2.24, 2.45) is 0 Å². The van der Waals surface area contributed by atoms with Gasteiger partial charge in [0.1, 0.15) is 11.6 Å². The Balaban J connectivity index is 1.81. The van der Waals surface area contributed by atoms with Gasteiger partial charge in [0.05, 0.1) is 18.4 Å². The third kappa shape index (κ3) is 2.82. The van der Waals surface area contributed by atoms with Gasteiger partial charge in [-0.2, -0.15) is 5.10 Å². The van der Waals surface area contributed by atoms with E-state index in [9.17, 15) is 0 Å². The van der Waals surface area contributed by atoms with Crippen LogP contribution in [0.5, 0.6) is 5.75 Å². The second-order valence-corrected chi connectivity index (χ2v) is 5.90. The number of ether oxygens (including phenoxy) is 1. The minimum atomic E-state index is 0.649. The molecule has 0 spiro atoms. The normalized spacial score (nSPS) is 11.4. The average Bonchev–Trinajstić information content (AvgIpc) is 3.27. The second kappa shape index (κ2) is 6.51. The van der Waals surface area contributed by atoms with Gasteiger partial charge in [0.2, 0.25) is 0 Å². The topological polar surface area (TPSA) is 81.0 Å². The molecule has 25 heavy (non-hydrogen) atoms. The Hall–Kier alpha value is -2.96. The van der Waals surface area contributed by atoms with Crippen molar-refractivity contribution in [2.75, 3.05) is 6.61 Å². The van der Waals surface area contributed by atoms with E-state index < -0.39 is 0 Å². The molecule has 2 aromatic rings. The molecule has 0 saturated heterocycles. The molecule has 0 unspecified atom stereocenters. The van der Waals surface area contributed by atoms with Gasteiger partial charge in [-0.05, 0) is 37.6 Å². The number of hydrogen-bond acceptors (Lipinski definition) is 5. The van der Waals surface area contributed by atoms with Crippen LogP contribution >= 0.6 is 0 Å². The van der Waals surface area contributed by atoms with Crippen molar-refractivity contribution in [3.63, 3.8) is 0 Å². The minimum absolute atomic E-state index is 0.649. The summed E-state index contributed by atoms with van der Waals surface area (Å²) in [6, 6.07) is 7.91. The smallest absolute Gasteiger partial charge is 0.188 e. The predicted octanol–water partition coefficient (Wildman–Crippen LogP) is 3.36. The Bertz CT molecular complexity index is 956. The van der Waals surface area contributed by atoms with Crippen LogP contribution in [0.25, 0.3) is 28.4 Å². The molecule has 4 rings (SSSR count). The first-order chi connectivity index (χ1) is 12.3. The lowest BCUT2D eigenvalue weighted by Crippen LogP contribution is -2.05. The van der Waals surface area contributed by atoms with E-state index in [1.807, 2.05) is 35.7 Å². The Morgan fingerprint density at radius 2 is 1.96 bits per heavy atom. The molecule has 0 radical (unpaired) electrons. The number of unbranched alkanes of at least 4 members (excludes halogenated alkanes) is 1. The summed E-state index contributed by atoms with van der Waals surface area (Å²) < 4.78 is 7.46. The fourth-order valence-electron chi connectivity index (χ4n) is 2.88. The highest BCUT2D eigenvalue weighted by Crippen LogP contribution is 2.26. The number of nitrogens with zero attached hydrogens (tertiary/aromatic N) is 5. The largest absolute Gasteiger partial charge is 0.494 e. The molecule has 0 fully saturated rings. The van der Waals surface area contributed by atoms with Crippen molar-refractivity contribution in [2.45, 2.75) is 33.1 Å². The second-order valence-electron chi connectivity index (χ2n) is 5.90. The average molecular weight is 336 g/mol. The standard InChI is InChI=1S/C18H20N6O/c1-3-5-6-15-20-17-14(11-19-22-17)18-21-16(23-24(15)18)12-7-9-13(10-8-12)25-4-2/h7-11H,3-6H2,1-2H3,(H,21,23). The van der Waals surface area contributed by atoms with Crippen molar-refractivity contribution in [3.05, 3.63) is 36.3 Å². The number of rotatable bonds is 6. The predicted molar refractivity (Wildman–Crippen MR) is 94.8 cm³/mol. The zero-order chi connectivity index (χ0) is 17.2. The van der Waals surface area contributed by atoms with Crippen molar-refractivity contribution in [3.8, 4) is 28.5 Å². The lowest BCUT2D eigenvalue weighted by atomic mass is 10.2. The van der Waals surface area contributed by atoms with Gasteiger partial charge in [0.15, 0.2) is 17.3 Å². The first-order valence-electron chi connectivity index (χ1n) is 8.62. The van der Waals surface area contributed by atoms with E-state index in [0.717, 1.165) is 53.4 Å². The molecule has 2 aliphatic rings. The Labute approximate surface area is 145 Å². The maximum Gasteiger partial charge on any atom is 0.188 e. The summed E-state index contributed by atoms with van der Waals surface area (Å²) in [6.07, 6.45) is 4.75. The lowest BCUT2D eigenvalue weighted by molar-refractivity contribution is 0.340. The molecule has 0 saturated carbocycles. The Morgan fingerprint density at radius 3 is 2.72 bits per heavy atom. The summed E-state index contributed by atoms with van der Waals surface area (Å²) in [5, 5.41) is 11.5. The van der Waals surface area contributed by atoms with E-state index in [4.69, 9.17) is 9.72 Å². The highest BCUT2D eigenvalue weighted by molar-refractivity contribution is 5.74. The molecule has 1 aromatic carbocycles. The van der Waals surface area contributed by atoms with E-state index in [1.165, 1.54) is 0 Å². The number of aromatic amines is 1. The maximum absolute atomic E-state index is 5.50. The zero-order valence-corrected chi connectivity index (χ0v) is 14.4. The van der Waals surface area contributed by atoms with Crippen molar-refractivity contribution >= 4 is 5.65 Å². The molecular weight excluding hydrogens is 316 g/mol. The van der Waals surface area contributed by atoms with Crippen LogP contribution in [0.2, 0.25) is 0 Å². The molecule has 0 bridgehead atoms. The molecule has 1 N–H and O–H groups in total. The molecule has 2 aliphatic heterocycles. The summed E-state index contributed by atoms with van der Waals surface area (Å²) in [5.41, 5.74) is 2.66. The number of aryl methyl sites for hydroxylation is 1. The van der Waals surface area contributed by atoms with Crippen LogP contribution in [0.1, 0.15) is 32.5 Å². The van der Waals surface area contributed by atoms with Gasteiger partial charge in [-0.15, -0.1) is 5.10 Å².